The number of hydrogen-bond acceptors (Lipinski definition) is 1. The highest BCUT2D eigenvalue weighted by Crippen LogP contribution is 2.36. The maximum absolute atomic E-state index is 3.41. The van der Waals surface area contributed by atoms with Gasteiger partial charge >= 0.3 is 0 Å². The molecule has 0 spiro atoms. The van der Waals surface area contributed by atoms with Gasteiger partial charge in [0.15, 0.2) is 0 Å². The van der Waals surface area contributed by atoms with Crippen molar-refractivity contribution in [2.45, 2.75) is 65.1 Å². The number of hydrogen-bond donors (Lipinski definition) is 1. The van der Waals surface area contributed by atoms with Crippen LogP contribution in [0, 0.1) is 0 Å². The van der Waals surface area contributed by atoms with E-state index in [0.717, 1.165) is 0 Å². The smallest absolute Gasteiger partial charge is 0.0371 e. The highest BCUT2D eigenvalue weighted by Gasteiger charge is 2.33. The van der Waals surface area contributed by atoms with Gasteiger partial charge in [-0.05, 0) is 38.8 Å². The van der Waals surface area contributed by atoms with Gasteiger partial charge in [0.1, 0.15) is 0 Å². The third kappa shape index (κ3) is 1.91. The van der Waals surface area contributed by atoms with Crippen LogP contribution in [0.4, 0.5) is 0 Å². The first kappa shape index (κ1) is 11.7. The predicted octanol–water partition coefficient (Wildman–Crippen LogP) is 3.51. The van der Waals surface area contributed by atoms with Crippen molar-refractivity contribution >= 4 is 0 Å². The predicted molar refractivity (Wildman–Crippen MR) is 68.6 cm³/mol. The van der Waals surface area contributed by atoms with Gasteiger partial charge in [0.05, 0.1) is 0 Å². The number of aromatic amines is 1. The van der Waals surface area contributed by atoms with Crippen molar-refractivity contribution < 1.29 is 0 Å². The van der Waals surface area contributed by atoms with Crippen LogP contribution in [0.3, 0.4) is 0 Å². The van der Waals surface area contributed by atoms with E-state index in [1.54, 1.807) is 0 Å². The first-order valence-electron chi connectivity index (χ1n) is 6.58. The van der Waals surface area contributed by atoms with E-state index in [1.165, 1.54) is 30.5 Å². The van der Waals surface area contributed by atoms with Crippen molar-refractivity contribution in [3.05, 3.63) is 23.5 Å². The molecule has 90 valence electrons. The normalized spacial score (nSPS) is 26.1. The van der Waals surface area contributed by atoms with Crippen molar-refractivity contribution in [2.24, 2.45) is 0 Å². The summed E-state index contributed by atoms with van der Waals surface area (Å²) >= 11 is 0. The molecule has 0 aliphatic carbocycles. The molecule has 0 saturated carbocycles. The Morgan fingerprint density at radius 1 is 1.50 bits per heavy atom. The molecule has 2 heterocycles. The molecule has 1 N–H and O–H groups in total. The van der Waals surface area contributed by atoms with Crippen molar-refractivity contribution in [3.63, 3.8) is 0 Å². The summed E-state index contributed by atoms with van der Waals surface area (Å²) in [5.41, 5.74) is 3.00. The van der Waals surface area contributed by atoms with E-state index in [-0.39, 0.29) is 0 Å². The van der Waals surface area contributed by atoms with Crippen LogP contribution in [0.1, 0.15) is 57.8 Å². The molecule has 16 heavy (non-hydrogen) atoms. The summed E-state index contributed by atoms with van der Waals surface area (Å²) in [5, 5.41) is 0. The van der Waals surface area contributed by atoms with Crippen LogP contribution in [-0.4, -0.2) is 22.0 Å². The Hall–Kier alpha value is -0.760. The van der Waals surface area contributed by atoms with Gasteiger partial charge in [-0.1, -0.05) is 13.3 Å². The van der Waals surface area contributed by atoms with Crippen LogP contribution in [-0.2, 0) is 6.42 Å². The van der Waals surface area contributed by atoms with E-state index in [9.17, 15) is 0 Å². The van der Waals surface area contributed by atoms with Gasteiger partial charge in [0, 0.05) is 36.4 Å². The summed E-state index contributed by atoms with van der Waals surface area (Å²) in [6.45, 7) is 9.27. The minimum Gasteiger partial charge on any atom is -0.365 e. The van der Waals surface area contributed by atoms with Crippen LogP contribution in [0.15, 0.2) is 12.3 Å². The van der Waals surface area contributed by atoms with Crippen molar-refractivity contribution in [1.82, 2.24) is 9.88 Å². The SMILES string of the molecule is CCC[C@@H]1c2cc[nH]c2C[C@@H](C)N1C(C)C. The monoisotopic (exact) mass is 220 g/mol. The zero-order valence-electron chi connectivity index (χ0n) is 11.0. The second-order valence-electron chi connectivity index (χ2n) is 5.31. The quantitative estimate of drug-likeness (QED) is 0.826. The van der Waals surface area contributed by atoms with Crippen molar-refractivity contribution in [1.29, 1.82) is 0 Å². The molecular formula is C14H24N2. The summed E-state index contributed by atoms with van der Waals surface area (Å²) in [6.07, 6.45) is 5.79. The average Bonchev–Trinajstić information content (AvgIpc) is 2.64. The molecule has 1 aliphatic heterocycles. The van der Waals surface area contributed by atoms with E-state index < -0.39 is 0 Å². The third-order valence-corrected chi connectivity index (χ3v) is 3.75. The third-order valence-electron chi connectivity index (χ3n) is 3.75. The Labute approximate surface area is 99.0 Å². The maximum Gasteiger partial charge on any atom is 0.0371 e. The molecule has 1 aliphatic rings. The molecular weight excluding hydrogens is 196 g/mol. The Kier molecular flexibility index (Phi) is 3.38. The van der Waals surface area contributed by atoms with Crippen molar-refractivity contribution in [2.75, 3.05) is 0 Å². The number of nitrogens with zero attached hydrogens (tertiary/aromatic N) is 1. The Morgan fingerprint density at radius 3 is 2.88 bits per heavy atom. The summed E-state index contributed by atoms with van der Waals surface area (Å²) in [6, 6.07) is 4.18. The topological polar surface area (TPSA) is 19.0 Å². The molecule has 0 aromatic carbocycles. The molecule has 0 unspecified atom stereocenters. The van der Waals surface area contributed by atoms with Gasteiger partial charge < -0.3 is 4.98 Å². The first-order chi connectivity index (χ1) is 7.65. The van der Waals surface area contributed by atoms with Crippen LogP contribution in [0.5, 0.6) is 0 Å². The number of H-pyrrole nitrogens is 1. The zero-order chi connectivity index (χ0) is 11.7. The van der Waals surface area contributed by atoms with E-state index in [4.69, 9.17) is 0 Å². The molecule has 0 amide bonds. The molecule has 2 rings (SSSR count). The Morgan fingerprint density at radius 2 is 2.25 bits per heavy atom. The molecule has 1 aromatic heterocycles. The largest absolute Gasteiger partial charge is 0.365 e. The first-order valence-corrected chi connectivity index (χ1v) is 6.58. The van der Waals surface area contributed by atoms with Gasteiger partial charge in [0.25, 0.3) is 0 Å². The fourth-order valence-electron chi connectivity index (χ4n) is 3.22. The van der Waals surface area contributed by atoms with E-state index in [2.05, 4.69) is 49.8 Å². The van der Waals surface area contributed by atoms with Crippen LogP contribution < -0.4 is 0 Å². The Balaban J connectivity index is 2.33. The second kappa shape index (κ2) is 4.62. The molecule has 0 bridgehead atoms. The molecule has 2 nitrogen and oxygen atoms in total. The Bertz CT molecular complexity index is 340. The lowest BCUT2D eigenvalue weighted by Gasteiger charge is -2.43. The lowest BCUT2D eigenvalue weighted by atomic mass is 9.90. The zero-order valence-corrected chi connectivity index (χ0v) is 11.0. The van der Waals surface area contributed by atoms with Crippen molar-refractivity contribution in [3.8, 4) is 0 Å². The second-order valence-corrected chi connectivity index (χ2v) is 5.31. The molecule has 0 saturated heterocycles. The fourth-order valence-corrected chi connectivity index (χ4v) is 3.22. The molecule has 0 radical (unpaired) electrons. The average molecular weight is 220 g/mol. The highest BCUT2D eigenvalue weighted by atomic mass is 15.2. The lowest BCUT2D eigenvalue weighted by Crippen LogP contribution is -2.45. The van der Waals surface area contributed by atoms with Gasteiger partial charge in [0.2, 0.25) is 0 Å². The van der Waals surface area contributed by atoms with Crippen LogP contribution in [0.25, 0.3) is 0 Å². The fraction of sp³-hybridized carbons (Fsp3) is 0.714. The van der Waals surface area contributed by atoms with Gasteiger partial charge in [-0.25, -0.2) is 0 Å². The summed E-state index contributed by atoms with van der Waals surface area (Å²) in [5.74, 6) is 0. The van der Waals surface area contributed by atoms with E-state index in [1.807, 2.05) is 0 Å². The summed E-state index contributed by atoms with van der Waals surface area (Å²) < 4.78 is 0. The highest BCUT2D eigenvalue weighted by molar-refractivity contribution is 5.28. The van der Waals surface area contributed by atoms with E-state index >= 15 is 0 Å². The minimum absolute atomic E-state index is 0.620. The maximum atomic E-state index is 3.41. The summed E-state index contributed by atoms with van der Waals surface area (Å²) in [7, 11) is 0. The van der Waals surface area contributed by atoms with Gasteiger partial charge in [-0.15, -0.1) is 0 Å². The van der Waals surface area contributed by atoms with E-state index in [0.29, 0.717) is 18.1 Å². The molecule has 1 aromatic rings. The van der Waals surface area contributed by atoms with Gasteiger partial charge in [-0.3, -0.25) is 4.90 Å². The number of nitrogens with one attached hydrogen (secondary N) is 1. The molecule has 2 atom stereocenters. The molecule has 2 heteroatoms. The minimum atomic E-state index is 0.620. The van der Waals surface area contributed by atoms with Crippen LogP contribution in [0.2, 0.25) is 0 Å². The number of rotatable bonds is 3. The standard InChI is InChI=1S/C14H24N2/c1-5-6-14-12-7-8-15-13(12)9-11(4)16(14)10(2)3/h7-8,10-11,14-15H,5-6,9H2,1-4H3/t11-,14-/m1/s1. The van der Waals surface area contributed by atoms with Crippen LogP contribution >= 0.6 is 0 Å². The number of fused-ring (bicyclic) bond motifs is 1. The number of aromatic nitrogens is 1. The lowest BCUT2D eigenvalue weighted by molar-refractivity contribution is 0.0829. The molecule has 0 fully saturated rings. The van der Waals surface area contributed by atoms with Gasteiger partial charge in [-0.2, -0.15) is 0 Å². The summed E-state index contributed by atoms with van der Waals surface area (Å²) in [4.78, 5) is 6.09.